The molecule has 0 aliphatic heterocycles. The molecule has 0 rings (SSSR count). The van der Waals surface area contributed by atoms with Crippen molar-refractivity contribution in [3.8, 4) is 0 Å². The monoisotopic (exact) mass is 372 g/mol. The van der Waals surface area contributed by atoms with Gasteiger partial charge >= 0.3 is 17.1 Å². The lowest BCUT2D eigenvalue weighted by Crippen LogP contribution is -2.50. The van der Waals surface area contributed by atoms with Gasteiger partial charge in [-0.05, 0) is 25.9 Å². The fraction of sp³-hybridized carbons (Fsp3) is 0.789. The summed E-state index contributed by atoms with van der Waals surface area (Å²) in [5, 5.41) is 0. The standard InChI is InChI=1S/C19H40O3Si2/c1-7-11-13-14-15-16-17-19-21-24(6,10-4)22-23(5,9-3)20-18-12-8-2/h9-10H,3-4,7-8,11-19H2,1-2,5-6H3. The van der Waals surface area contributed by atoms with Gasteiger partial charge in [0.25, 0.3) is 0 Å². The van der Waals surface area contributed by atoms with E-state index in [-0.39, 0.29) is 0 Å². The van der Waals surface area contributed by atoms with Crippen LogP contribution in [0, 0.1) is 0 Å². The van der Waals surface area contributed by atoms with Gasteiger partial charge in [0.1, 0.15) is 0 Å². The molecular formula is C19H40O3Si2. The van der Waals surface area contributed by atoms with Crippen LogP contribution < -0.4 is 0 Å². The van der Waals surface area contributed by atoms with E-state index in [0.29, 0.717) is 0 Å². The molecule has 0 amide bonds. The number of rotatable bonds is 17. The van der Waals surface area contributed by atoms with Crippen molar-refractivity contribution >= 4 is 17.1 Å². The predicted octanol–water partition coefficient (Wildman–Crippen LogP) is 6.18. The van der Waals surface area contributed by atoms with Crippen molar-refractivity contribution in [3.05, 3.63) is 24.6 Å². The lowest BCUT2D eigenvalue weighted by molar-refractivity contribution is 0.197. The van der Waals surface area contributed by atoms with E-state index < -0.39 is 17.1 Å². The summed E-state index contributed by atoms with van der Waals surface area (Å²) < 4.78 is 18.4. The molecule has 0 aromatic carbocycles. The quantitative estimate of drug-likeness (QED) is 0.225. The van der Waals surface area contributed by atoms with E-state index in [9.17, 15) is 0 Å². The highest BCUT2D eigenvalue weighted by Gasteiger charge is 2.39. The molecule has 0 spiro atoms. The van der Waals surface area contributed by atoms with Gasteiger partial charge < -0.3 is 13.0 Å². The summed E-state index contributed by atoms with van der Waals surface area (Å²) in [4.78, 5) is 0. The van der Waals surface area contributed by atoms with Crippen molar-refractivity contribution in [1.82, 2.24) is 0 Å². The van der Waals surface area contributed by atoms with E-state index in [4.69, 9.17) is 13.0 Å². The van der Waals surface area contributed by atoms with Crippen LogP contribution in [-0.2, 0) is 13.0 Å². The molecule has 5 heteroatoms. The molecule has 142 valence electrons. The van der Waals surface area contributed by atoms with Crippen molar-refractivity contribution in [2.24, 2.45) is 0 Å². The summed E-state index contributed by atoms with van der Waals surface area (Å²) in [6.45, 7) is 17.8. The largest absolute Gasteiger partial charge is 0.409 e. The molecular weight excluding hydrogens is 332 g/mol. The van der Waals surface area contributed by atoms with Crippen LogP contribution in [0.15, 0.2) is 24.6 Å². The van der Waals surface area contributed by atoms with E-state index >= 15 is 0 Å². The van der Waals surface area contributed by atoms with Gasteiger partial charge in [0.2, 0.25) is 0 Å². The third-order valence-corrected chi connectivity index (χ3v) is 10.5. The van der Waals surface area contributed by atoms with Crippen molar-refractivity contribution < 1.29 is 13.0 Å². The van der Waals surface area contributed by atoms with Crippen LogP contribution >= 0.6 is 0 Å². The Hall–Kier alpha value is -0.206. The molecule has 0 radical (unpaired) electrons. The molecule has 3 nitrogen and oxygen atoms in total. The second-order valence-electron chi connectivity index (χ2n) is 6.71. The summed E-state index contributed by atoms with van der Waals surface area (Å²) in [6.07, 6.45) is 11.1. The Balaban J connectivity index is 4.16. The zero-order valence-corrected chi connectivity index (χ0v) is 18.6. The number of unbranched alkanes of at least 4 members (excludes halogenated alkanes) is 7. The average molecular weight is 373 g/mol. The third-order valence-electron chi connectivity index (χ3n) is 4.17. The Kier molecular flexibility index (Phi) is 13.9. The van der Waals surface area contributed by atoms with E-state index in [0.717, 1.165) is 32.5 Å². The van der Waals surface area contributed by atoms with Gasteiger partial charge in [-0.25, -0.2) is 0 Å². The third kappa shape index (κ3) is 11.4. The summed E-state index contributed by atoms with van der Waals surface area (Å²) in [5.74, 6) is 0. The van der Waals surface area contributed by atoms with Gasteiger partial charge in [-0.1, -0.05) is 70.2 Å². The van der Waals surface area contributed by atoms with Crippen molar-refractivity contribution in [1.29, 1.82) is 0 Å². The topological polar surface area (TPSA) is 27.7 Å². The van der Waals surface area contributed by atoms with E-state index in [2.05, 4.69) is 33.6 Å². The zero-order chi connectivity index (χ0) is 18.3. The highest BCUT2D eigenvalue weighted by Crippen LogP contribution is 2.20. The van der Waals surface area contributed by atoms with E-state index in [1.165, 1.54) is 38.5 Å². The summed E-state index contributed by atoms with van der Waals surface area (Å²) in [5.41, 5.74) is 3.72. The molecule has 0 saturated heterocycles. The van der Waals surface area contributed by atoms with E-state index in [1.807, 2.05) is 17.9 Å². The maximum Gasteiger partial charge on any atom is 0.352 e. The van der Waals surface area contributed by atoms with Gasteiger partial charge in [0, 0.05) is 13.2 Å². The van der Waals surface area contributed by atoms with Gasteiger partial charge in [-0.15, -0.1) is 13.2 Å². The zero-order valence-electron chi connectivity index (χ0n) is 16.6. The fourth-order valence-corrected chi connectivity index (χ4v) is 8.11. The van der Waals surface area contributed by atoms with Gasteiger partial charge in [0.15, 0.2) is 0 Å². The summed E-state index contributed by atoms with van der Waals surface area (Å²) in [6, 6.07) is 0. The molecule has 2 unspecified atom stereocenters. The molecule has 24 heavy (non-hydrogen) atoms. The lowest BCUT2D eigenvalue weighted by Gasteiger charge is -2.33. The average Bonchev–Trinajstić information content (AvgIpc) is 2.57. The number of hydrogen-bond acceptors (Lipinski definition) is 3. The Morgan fingerprint density at radius 2 is 1.08 bits per heavy atom. The molecule has 2 atom stereocenters. The minimum atomic E-state index is -2.39. The van der Waals surface area contributed by atoms with Crippen LogP contribution in [0.4, 0.5) is 0 Å². The second kappa shape index (κ2) is 14.0. The van der Waals surface area contributed by atoms with Crippen LogP contribution in [-0.4, -0.2) is 30.3 Å². The highest BCUT2D eigenvalue weighted by molar-refractivity contribution is 6.84. The minimum Gasteiger partial charge on any atom is -0.409 e. The normalized spacial score (nSPS) is 16.3. The molecule has 0 bridgehead atoms. The minimum absolute atomic E-state index is 0.727. The van der Waals surface area contributed by atoms with Crippen molar-refractivity contribution in [2.45, 2.75) is 84.7 Å². The fourth-order valence-electron chi connectivity index (χ4n) is 2.42. The first-order valence-electron chi connectivity index (χ1n) is 9.70. The molecule has 0 aliphatic rings. The van der Waals surface area contributed by atoms with Crippen LogP contribution in [0.5, 0.6) is 0 Å². The highest BCUT2D eigenvalue weighted by atomic mass is 28.5. The smallest absolute Gasteiger partial charge is 0.352 e. The first-order valence-corrected chi connectivity index (χ1v) is 14.5. The Morgan fingerprint density at radius 1 is 0.667 bits per heavy atom. The van der Waals surface area contributed by atoms with Gasteiger partial charge in [0.05, 0.1) is 0 Å². The number of hydrogen-bond donors (Lipinski definition) is 0. The molecule has 0 N–H and O–H groups in total. The van der Waals surface area contributed by atoms with Crippen LogP contribution in [0.1, 0.15) is 71.6 Å². The molecule has 0 aliphatic carbocycles. The van der Waals surface area contributed by atoms with E-state index in [1.54, 1.807) is 0 Å². The van der Waals surface area contributed by atoms with Gasteiger partial charge in [-0.3, -0.25) is 0 Å². The summed E-state index contributed by atoms with van der Waals surface area (Å²) >= 11 is 0. The van der Waals surface area contributed by atoms with Crippen molar-refractivity contribution in [2.75, 3.05) is 13.2 Å². The SMILES string of the molecule is C=C[Si](C)(OCCCC)O[Si](C)(C=C)OCCCCCCCCC. The molecule has 0 aromatic rings. The molecule has 0 heterocycles. The lowest BCUT2D eigenvalue weighted by atomic mass is 10.1. The Labute approximate surface area is 153 Å². The Bertz CT molecular complexity index is 339. The maximum absolute atomic E-state index is 6.33. The maximum atomic E-state index is 6.33. The van der Waals surface area contributed by atoms with Crippen LogP contribution in [0.25, 0.3) is 0 Å². The van der Waals surface area contributed by atoms with Crippen LogP contribution in [0.3, 0.4) is 0 Å². The first kappa shape index (κ1) is 23.8. The molecule has 0 aromatic heterocycles. The van der Waals surface area contributed by atoms with Gasteiger partial charge in [-0.2, -0.15) is 0 Å². The molecule has 0 fully saturated rings. The first-order chi connectivity index (χ1) is 11.4. The summed E-state index contributed by atoms with van der Waals surface area (Å²) in [7, 11) is -4.77. The Morgan fingerprint density at radius 3 is 1.54 bits per heavy atom. The predicted molar refractivity (Wildman–Crippen MR) is 110 cm³/mol. The van der Waals surface area contributed by atoms with Crippen LogP contribution in [0.2, 0.25) is 13.1 Å². The second-order valence-corrected chi connectivity index (χ2v) is 13.0. The molecule has 0 saturated carbocycles. The van der Waals surface area contributed by atoms with Crippen molar-refractivity contribution in [3.63, 3.8) is 0 Å².